The molecule has 1 amide bonds. The fourth-order valence-electron chi connectivity index (χ4n) is 1.70. The van der Waals surface area contributed by atoms with Crippen molar-refractivity contribution in [1.29, 1.82) is 5.26 Å². The molecule has 0 spiro atoms. The van der Waals surface area contributed by atoms with Crippen molar-refractivity contribution in [2.75, 3.05) is 13.6 Å². The van der Waals surface area contributed by atoms with E-state index in [1.807, 2.05) is 20.8 Å². The van der Waals surface area contributed by atoms with Gasteiger partial charge in [0.15, 0.2) is 6.19 Å². The van der Waals surface area contributed by atoms with E-state index >= 15 is 0 Å². The highest BCUT2D eigenvalue weighted by atomic mass is 16.2. The van der Waals surface area contributed by atoms with Crippen molar-refractivity contribution in [3.63, 3.8) is 0 Å². The van der Waals surface area contributed by atoms with Crippen LogP contribution in [0.15, 0.2) is 0 Å². The van der Waals surface area contributed by atoms with Gasteiger partial charge in [-0.15, -0.1) is 0 Å². The molecule has 0 unspecified atom stereocenters. The van der Waals surface area contributed by atoms with E-state index in [0.29, 0.717) is 6.54 Å². The lowest BCUT2D eigenvalue weighted by Gasteiger charge is -2.35. The molecule has 1 aliphatic rings. The van der Waals surface area contributed by atoms with Gasteiger partial charge >= 0.3 is 0 Å². The number of nitrogens with zero attached hydrogens (tertiary/aromatic N) is 3. The number of likely N-dealkylation sites (N-methyl/N-ethyl adjacent to an activating group) is 1. The fourth-order valence-corrected chi connectivity index (χ4v) is 1.70. The standard InChI is InChI=1S/C11H19N3O/c1-11(2,3)13(4)10(15)9-6-5-7-14(9)8-12/h9H,5-7H2,1-4H3/t9-/m1/s1. The molecule has 0 saturated carbocycles. The van der Waals surface area contributed by atoms with Crippen LogP contribution in [-0.4, -0.2) is 40.9 Å². The second-order valence-electron chi connectivity index (χ2n) is 5.02. The minimum Gasteiger partial charge on any atom is -0.339 e. The maximum Gasteiger partial charge on any atom is 0.246 e. The molecular weight excluding hydrogens is 190 g/mol. The Labute approximate surface area is 91.5 Å². The van der Waals surface area contributed by atoms with E-state index < -0.39 is 0 Å². The van der Waals surface area contributed by atoms with E-state index in [2.05, 4.69) is 6.19 Å². The molecule has 1 rings (SSSR count). The van der Waals surface area contributed by atoms with Gasteiger partial charge in [-0.1, -0.05) is 0 Å². The van der Waals surface area contributed by atoms with Crippen LogP contribution in [0.3, 0.4) is 0 Å². The van der Waals surface area contributed by atoms with Crippen molar-refractivity contribution in [3.8, 4) is 6.19 Å². The van der Waals surface area contributed by atoms with Crippen molar-refractivity contribution in [3.05, 3.63) is 0 Å². The zero-order valence-corrected chi connectivity index (χ0v) is 9.95. The van der Waals surface area contributed by atoms with Gasteiger partial charge < -0.3 is 4.90 Å². The highest BCUT2D eigenvalue weighted by Crippen LogP contribution is 2.21. The van der Waals surface area contributed by atoms with Crippen molar-refractivity contribution >= 4 is 5.91 Å². The molecular formula is C11H19N3O. The molecule has 0 aromatic rings. The maximum absolute atomic E-state index is 12.1. The van der Waals surface area contributed by atoms with E-state index in [4.69, 9.17) is 5.26 Å². The van der Waals surface area contributed by atoms with E-state index in [-0.39, 0.29) is 17.5 Å². The molecule has 15 heavy (non-hydrogen) atoms. The monoisotopic (exact) mass is 209 g/mol. The molecule has 1 fully saturated rings. The summed E-state index contributed by atoms with van der Waals surface area (Å²) in [6, 6.07) is -0.237. The number of hydrogen-bond acceptors (Lipinski definition) is 3. The minimum atomic E-state index is -0.237. The first-order chi connectivity index (χ1) is 6.88. The fraction of sp³-hybridized carbons (Fsp3) is 0.818. The molecule has 0 bridgehead atoms. The third kappa shape index (κ3) is 2.41. The molecule has 0 aliphatic carbocycles. The second kappa shape index (κ2) is 4.09. The molecule has 4 nitrogen and oxygen atoms in total. The Bertz CT molecular complexity index is 287. The SMILES string of the molecule is CN(C(=O)[C@H]1CCCN1C#N)C(C)(C)C. The third-order valence-electron chi connectivity index (χ3n) is 3.00. The first kappa shape index (κ1) is 11.8. The second-order valence-corrected chi connectivity index (χ2v) is 5.02. The Morgan fingerprint density at radius 3 is 2.60 bits per heavy atom. The molecule has 1 heterocycles. The number of carbonyl (C=O) groups is 1. The molecule has 4 heteroatoms. The first-order valence-electron chi connectivity index (χ1n) is 5.32. The summed E-state index contributed by atoms with van der Waals surface area (Å²) in [6.45, 7) is 6.70. The van der Waals surface area contributed by atoms with Gasteiger partial charge in [-0.2, -0.15) is 5.26 Å². The van der Waals surface area contributed by atoms with Crippen molar-refractivity contribution in [2.45, 2.75) is 45.2 Å². The molecule has 1 aliphatic heterocycles. The van der Waals surface area contributed by atoms with Crippen LogP contribution in [-0.2, 0) is 4.79 Å². The zero-order valence-electron chi connectivity index (χ0n) is 9.95. The summed E-state index contributed by atoms with van der Waals surface area (Å²) in [6.07, 6.45) is 3.82. The Kier molecular flexibility index (Phi) is 3.23. The van der Waals surface area contributed by atoms with Crippen LogP contribution in [0.5, 0.6) is 0 Å². The molecule has 0 radical (unpaired) electrons. The van der Waals surface area contributed by atoms with Crippen molar-refractivity contribution < 1.29 is 4.79 Å². The number of carbonyl (C=O) groups excluding carboxylic acids is 1. The van der Waals surface area contributed by atoms with Gasteiger partial charge in [0.1, 0.15) is 6.04 Å². The van der Waals surface area contributed by atoms with E-state index in [1.165, 1.54) is 0 Å². The number of nitriles is 1. The van der Waals surface area contributed by atoms with Crippen LogP contribution in [0.25, 0.3) is 0 Å². The smallest absolute Gasteiger partial charge is 0.246 e. The summed E-state index contributed by atoms with van der Waals surface area (Å²) in [5.74, 6) is 0.0570. The molecule has 1 atom stereocenters. The summed E-state index contributed by atoms with van der Waals surface area (Å²) in [5, 5.41) is 8.88. The summed E-state index contributed by atoms with van der Waals surface area (Å²) >= 11 is 0. The summed E-state index contributed by atoms with van der Waals surface area (Å²) in [5.41, 5.74) is -0.180. The van der Waals surface area contributed by atoms with E-state index in [0.717, 1.165) is 12.8 Å². The molecule has 84 valence electrons. The third-order valence-corrected chi connectivity index (χ3v) is 3.00. The maximum atomic E-state index is 12.1. The predicted octanol–water partition coefficient (Wildman–Crippen LogP) is 1.19. The van der Waals surface area contributed by atoms with Crippen molar-refractivity contribution in [2.24, 2.45) is 0 Å². The Hall–Kier alpha value is -1.24. The van der Waals surface area contributed by atoms with Crippen LogP contribution in [0.4, 0.5) is 0 Å². The Balaban J connectivity index is 2.73. The van der Waals surface area contributed by atoms with E-state index in [1.54, 1.807) is 16.8 Å². The average molecular weight is 209 g/mol. The molecule has 1 saturated heterocycles. The van der Waals surface area contributed by atoms with Gasteiger partial charge in [0.2, 0.25) is 5.91 Å². The van der Waals surface area contributed by atoms with Crippen LogP contribution in [0, 0.1) is 11.5 Å². The van der Waals surface area contributed by atoms with Gasteiger partial charge in [-0.25, -0.2) is 0 Å². The van der Waals surface area contributed by atoms with Crippen LogP contribution < -0.4 is 0 Å². The number of likely N-dealkylation sites (tertiary alicyclic amines) is 1. The van der Waals surface area contributed by atoms with Gasteiger partial charge in [0.25, 0.3) is 0 Å². The highest BCUT2D eigenvalue weighted by Gasteiger charge is 2.35. The van der Waals surface area contributed by atoms with Crippen molar-refractivity contribution in [1.82, 2.24) is 9.80 Å². The van der Waals surface area contributed by atoms with Gasteiger partial charge in [0.05, 0.1) is 0 Å². The summed E-state index contributed by atoms with van der Waals surface area (Å²) in [7, 11) is 1.80. The van der Waals surface area contributed by atoms with Gasteiger partial charge in [-0.3, -0.25) is 9.69 Å². The topological polar surface area (TPSA) is 47.3 Å². The highest BCUT2D eigenvalue weighted by molar-refractivity contribution is 5.82. The van der Waals surface area contributed by atoms with Crippen LogP contribution in [0.2, 0.25) is 0 Å². The lowest BCUT2D eigenvalue weighted by molar-refractivity contribution is -0.138. The van der Waals surface area contributed by atoms with Crippen LogP contribution >= 0.6 is 0 Å². The number of amides is 1. The first-order valence-corrected chi connectivity index (χ1v) is 5.32. The van der Waals surface area contributed by atoms with Crippen LogP contribution in [0.1, 0.15) is 33.6 Å². The Morgan fingerprint density at radius 2 is 2.13 bits per heavy atom. The summed E-state index contributed by atoms with van der Waals surface area (Å²) in [4.78, 5) is 15.4. The quantitative estimate of drug-likeness (QED) is 0.609. The Morgan fingerprint density at radius 1 is 1.53 bits per heavy atom. The molecule has 0 N–H and O–H groups in total. The lowest BCUT2D eigenvalue weighted by Crippen LogP contribution is -2.50. The number of hydrogen-bond donors (Lipinski definition) is 0. The number of rotatable bonds is 1. The normalized spacial score (nSPS) is 21.3. The largest absolute Gasteiger partial charge is 0.339 e. The minimum absolute atomic E-state index is 0.0570. The summed E-state index contributed by atoms with van der Waals surface area (Å²) < 4.78 is 0. The van der Waals surface area contributed by atoms with E-state index in [9.17, 15) is 4.79 Å². The zero-order chi connectivity index (χ0) is 11.6. The molecule has 0 aromatic carbocycles. The molecule has 0 aromatic heterocycles. The average Bonchev–Trinajstić information content (AvgIpc) is 2.61. The van der Waals surface area contributed by atoms with Gasteiger partial charge in [0, 0.05) is 19.1 Å². The lowest BCUT2D eigenvalue weighted by atomic mass is 10.0. The predicted molar refractivity (Wildman–Crippen MR) is 57.9 cm³/mol. The van der Waals surface area contributed by atoms with Gasteiger partial charge in [-0.05, 0) is 33.6 Å².